The zero-order chi connectivity index (χ0) is 21.0. The zero-order valence-electron chi connectivity index (χ0n) is 15.9. The van der Waals surface area contributed by atoms with Gasteiger partial charge in [-0.05, 0) is 37.3 Å². The fourth-order valence-corrected chi connectivity index (χ4v) is 3.16. The van der Waals surface area contributed by atoms with Crippen LogP contribution < -0.4 is 5.56 Å². The predicted molar refractivity (Wildman–Crippen MR) is 110 cm³/mol. The van der Waals surface area contributed by atoms with Crippen LogP contribution in [-0.4, -0.2) is 46.3 Å². The van der Waals surface area contributed by atoms with Gasteiger partial charge in [-0.3, -0.25) is 9.59 Å². The Kier molecular flexibility index (Phi) is 6.92. The van der Waals surface area contributed by atoms with E-state index in [1.807, 2.05) is 6.92 Å². The summed E-state index contributed by atoms with van der Waals surface area (Å²) in [7, 11) is 0. The quantitative estimate of drug-likeness (QED) is 0.591. The van der Waals surface area contributed by atoms with Crippen LogP contribution in [0.25, 0.3) is 5.69 Å². The van der Waals surface area contributed by atoms with Crippen LogP contribution in [0.5, 0.6) is 0 Å². The molecule has 1 saturated carbocycles. The lowest BCUT2D eigenvalue weighted by molar-refractivity contribution is -0.134. The molecule has 1 amide bonds. The first-order valence-electron chi connectivity index (χ1n) is 9.40. The molecule has 0 radical (unpaired) electrons. The van der Waals surface area contributed by atoms with Crippen molar-refractivity contribution in [1.82, 2.24) is 14.7 Å². The third-order valence-corrected chi connectivity index (χ3v) is 5.33. The van der Waals surface area contributed by atoms with E-state index >= 15 is 0 Å². The average Bonchev–Trinajstić information content (AvgIpc) is 3.54. The number of amides is 1. The van der Waals surface area contributed by atoms with Gasteiger partial charge in [0.05, 0.1) is 22.5 Å². The summed E-state index contributed by atoms with van der Waals surface area (Å²) in [6.45, 7) is 2.97. The monoisotopic (exact) mass is 437 g/mol. The van der Waals surface area contributed by atoms with Crippen molar-refractivity contribution in [3.8, 4) is 5.69 Å². The summed E-state index contributed by atoms with van der Waals surface area (Å²) in [4.78, 5) is 39.2. The first-order chi connectivity index (χ1) is 13.9. The number of para-hydroxylation sites is 1. The minimum Gasteiger partial charge on any atom is -0.452 e. The first-order valence-corrected chi connectivity index (χ1v) is 10.2. The Hall–Kier alpha value is -2.38. The summed E-state index contributed by atoms with van der Waals surface area (Å²) in [6.07, 6.45) is 4.32. The Morgan fingerprint density at radius 2 is 2.00 bits per heavy atom. The standard InChI is InChI=1S/C20H21Cl2N3O4/c1-2-9-24(11-13-7-8-13)17(26)12-29-20(28)14-5-3-4-6-16(14)25-19(27)18(22)15(21)10-23-25/h3-6,10,13H,2,7-9,11-12H2,1H3. The van der Waals surface area contributed by atoms with Crippen molar-refractivity contribution in [1.29, 1.82) is 0 Å². The lowest BCUT2D eigenvalue weighted by Crippen LogP contribution is -2.37. The predicted octanol–water partition coefficient (Wildman–Crippen LogP) is 3.34. The van der Waals surface area contributed by atoms with Crippen molar-refractivity contribution in [3.63, 3.8) is 0 Å². The van der Waals surface area contributed by atoms with Gasteiger partial charge in [0.25, 0.3) is 11.5 Å². The second-order valence-electron chi connectivity index (χ2n) is 6.90. The maximum atomic E-state index is 12.6. The fraction of sp³-hybridized carbons (Fsp3) is 0.400. The van der Waals surface area contributed by atoms with Gasteiger partial charge in [0, 0.05) is 13.1 Å². The number of rotatable bonds is 8. The Labute approximate surface area is 178 Å². The molecule has 7 nitrogen and oxygen atoms in total. The molecule has 0 N–H and O–H groups in total. The highest BCUT2D eigenvalue weighted by Crippen LogP contribution is 2.29. The summed E-state index contributed by atoms with van der Waals surface area (Å²) in [6, 6.07) is 6.30. The van der Waals surface area contributed by atoms with Gasteiger partial charge in [-0.2, -0.15) is 9.78 Å². The van der Waals surface area contributed by atoms with E-state index in [9.17, 15) is 14.4 Å². The molecular weight excluding hydrogens is 417 g/mol. The minimum atomic E-state index is -0.725. The van der Waals surface area contributed by atoms with Crippen molar-refractivity contribution < 1.29 is 14.3 Å². The molecule has 0 aliphatic heterocycles. The smallest absolute Gasteiger partial charge is 0.340 e. The molecule has 0 spiro atoms. The largest absolute Gasteiger partial charge is 0.452 e. The summed E-state index contributed by atoms with van der Waals surface area (Å²) >= 11 is 11.7. The molecule has 0 bridgehead atoms. The average molecular weight is 438 g/mol. The third-order valence-electron chi connectivity index (χ3n) is 4.58. The number of benzene rings is 1. The molecule has 29 heavy (non-hydrogen) atoms. The van der Waals surface area contributed by atoms with E-state index in [0.717, 1.165) is 23.9 Å². The summed E-state index contributed by atoms with van der Waals surface area (Å²) in [5.41, 5.74) is -0.372. The normalized spacial score (nSPS) is 13.2. The van der Waals surface area contributed by atoms with Gasteiger partial charge in [-0.25, -0.2) is 4.79 Å². The number of carbonyl (C=O) groups excluding carboxylic acids is 2. The molecule has 2 aromatic rings. The molecule has 1 aromatic heterocycles. The van der Waals surface area contributed by atoms with Crippen LogP contribution in [0, 0.1) is 5.92 Å². The van der Waals surface area contributed by atoms with Crippen molar-refractivity contribution in [2.45, 2.75) is 26.2 Å². The van der Waals surface area contributed by atoms with Crippen LogP contribution in [0.4, 0.5) is 0 Å². The maximum absolute atomic E-state index is 12.6. The highest BCUT2D eigenvalue weighted by atomic mass is 35.5. The number of aromatic nitrogens is 2. The van der Waals surface area contributed by atoms with Gasteiger partial charge in [-0.15, -0.1) is 0 Å². The van der Waals surface area contributed by atoms with Crippen molar-refractivity contribution >= 4 is 35.1 Å². The van der Waals surface area contributed by atoms with Crippen molar-refractivity contribution in [3.05, 3.63) is 56.4 Å². The fourth-order valence-electron chi connectivity index (χ4n) is 2.91. The van der Waals surface area contributed by atoms with E-state index in [4.69, 9.17) is 27.9 Å². The number of ether oxygens (including phenoxy) is 1. The summed E-state index contributed by atoms with van der Waals surface area (Å²) < 4.78 is 6.22. The van der Waals surface area contributed by atoms with E-state index in [0.29, 0.717) is 19.0 Å². The SMILES string of the molecule is CCCN(CC1CC1)C(=O)COC(=O)c1ccccc1-n1ncc(Cl)c(Cl)c1=O. The summed E-state index contributed by atoms with van der Waals surface area (Å²) in [5.74, 6) is -0.402. The second kappa shape index (κ2) is 9.41. The zero-order valence-corrected chi connectivity index (χ0v) is 17.4. The Balaban J connectivity index is 1.76. The van der Waals surface area contributed by atoms with Gasteiger partial charge < -0.3 is 9.64 Å². The lowest BCUT2D eigenvalue weighted by Gasteiger charge is -2.22. The molecule has 0 atom stereocenters. The number of nitrogens with zero attached hydrogens (tertiary/aromatic N) is 3. The van der Waals surface area contributed by atoms with Gasteiger partial charge in [0.15, 0.2) is 6.61 Å². The van der Waals surface area contributed by atoms with Crippen LogP contribution in [0.1, 0.15) is 36.5 Å². The van der Waals surface area contributed by atoms with E-state index < -0.39 is 11.5 Å². The molecule has 1 aliphatic rings. The van der Waals surface area contributed by atoms with Gasteiger partial charge in [-0.1, -0.05) is 42.3 Å². The molecule has 154 valence electrons. The van der Waals surface area contributed by atoms with Crippen molar-refractivity contribution in [2.75, 3.05) is 19.7 Å². The number of hydrogen-bond acceptors (Lipinski definition) is 5. The molecule has 1 aliphatic carbocycles. The summed E-state index contributed by atoms with van der Waals surface area (Å²) in [5, 5.41) is 3.76. The molecule has 1 heterocycles. The van der Waals surface area contributed by atoms with Crippen LogP contribution in [0.2, 0.25) is 10.0 Å². The number of halogens is 2. The van der Waals surface area contributed by atoms with E-state index in [2.05, 4.69) is 5.10 Å². The van der Waals surface area contributed by atoms with E-state index in [1.54, 1.807) is 17.0 Å². The molecule has 0 saturated heterocycles. The van der Waals surface area contributed by atoms with E-state index in [1.165, 1.54) is 18.3 Å². The molecular formula is C20H21Cl2N3O4. The first kappa shape index (κ1) is 21.3. The Bertz CT molecular complexity index is 972. The number of hydrogen-bond donors (Lipinski definition) is 0. The third kappa shape index (κ3) is 5.16. The Morgan fingerprint density at radius 3 is 2.69 bits per heavy atom. The number of carbonyl (C=O) groups is 2. The van der Waals surface area contributed by atoms with Gasteiger partial charge in [0.1, 0.15) is 5.02 Å². The topological polar surface area (TPSA) is 81.5 Å². The van der Waals surface area contributed by atoms with Crippen molar-refractivity contribution in [2.24, 2.45) is 5.92 Å². The maximum Gasteiger partial charge on any atom is 0.340 e. The second-order valence-corrected chi connectivity index (χ2v) is 7.69. The molecule has 3 rings (SSSR count). The van der Waals surface area contributed by atoms with E-state index in [-0.39, 0.29) is 33.8 Å². The number of esters is 1. The highest BCUT2D eigenvalue weighted by molar-refractivity contribution is 6.41. The van der Waals surface area contributed by atoms with Crippen LogP contribution in [0.3, 0.4) is 0 Å². The molecule has 1 fully saturated rings. The Morgan fingerprint density at radius 1 is 1.28 bits per heavy atom. The van der Waals surface area contributed by atoms with Gasteiger partial charge >= 0.3 is 5.97 Å². The van der Waals surface area contributed by atoms with Gasteiger partial charge in [0.2, 0.25) is 0 Å². The van der Waals surface area contributed by atoms with Crippen LogP contribution >= 0.6 is 23.2 Å². The molecule has 0 unspecified atom stereocenters. The molecule has 9 heteroatoms. The minimum absolute atomic E-state index is 0.0187. The lowest BCUT2D eigenvalue weighted by atomic mass is 10.2. The van der Waals surface area contributed by atoms with Crippen LogP contribution in [-0.2, 0) is 9.53 Å². The molecule has 1 aromatic carbocycles. The highest BCUT2D eigenvalue weighted by Gasteiger charge is 2.27. The van der Waals surface area contributed by atoms with Crippen LogP contribution in [0.15, 0.2) is 35.3 Å².